The van der Waals surface area contributed by atoms with Gasteiger partial charge in [-0.2, -0.15) is 0 Å². The summed E-state index contributed by atoms with van der Waals surface area (Å²) in [7, 11) is -3.23. The highest BCUT2D eigenvalue weighted by Gasteiger charge is 2.12. The number of hydrogen-bond acceptors (Lipinski definition) is 4. The van der Waals surface area contributed by atoms with Crippen molar-refractivity contribution in [1.82, 2.24) is 5.32 Å². The third-order valence-electron chi connectivity index (χ3n) is 2.90. The van der Waals surface area contributed by atoms with E-state index in [1.807, 2.05) is 13.8 Å². The van der Waals surface area contributed by atoms with Gasteiger partial charge in [0.1, 0.15) is 0 Å². The van der Waals surface area contributed by atoms with Crippen molar-refractivity contribution in [1.29, 1.82) is 0 Å². The molecule has 19 heavy (non-hydrogen) atoms. The van der Waals surface area contributed by atoms with Gasteiger partial charge in [0.2, 0.25) is 0 Å². The predicted octanol–water partition coefficient (Wildman–Crippen LogP) is 0.803. The van der Waals surface area contributed by atoms with Crippen molar-refractivity contribution in [3.63, 3.8) is 0 Å². The van der Waals surface area contributed by atoms with Gasteiger partial charge in [0.05, 0.1) is 4.90 Å². The van der Waals surface area contributed by atoms with Crippen molar-refractivity contribution < 1.29 is 13.2 Å². The van der Waals surface area contributed by atoms with Crippen LogP contribution in [0.4, 0.5) is 0 Å². The van der Waals surface area contributed by atoms with E-state index in [0.29, 0.717) is 12.1 Å². The van der Waals surface area contributed by atoms with Crippen molar-refractivity contribution in [2.45, 2.75) is 24.8 Å². The molecule has 0 aliphatic carbocycles. The van der Waals surface area contributed by atoms with E-state index in [9.17, 15) is 13.2 Å². The highest BCUT2D eigenvalue weighted by atomic mass is 32.2. The van der Waals surface area contributed by atoms with Crippen molar-refractivity contribution in [2.75, 3.05) is 12.8 Å². The fourth-order valence-corrected chi connectivity index (χ4v) is 2.03. The molecule has 0 saturated heterocycles. The Bertz CT molecular complexity index is 536. The minimum Gasteiger partial charge on any atom is -0.350 e. The Balaban J connectivity index is 2.69. The Morgan fingerprint density at radius 1 is 1.26 bits per heavy atom. The predicted molar refractivity (Wildman–Crippen MR) is 74.7 cm³/mol. The minimum absolute atomic E-state index is 0.0979. The van der Waals surface area contributed by atoms with Gasteiger partial charge >= 0.3 is 0 Å². The summed E-state index contributed by atoms with van der Waals surface area (Å²) in [6, 6.07) is 5.73. The zero-order valence-electron chi connectivity index (χ0n) is 11.4. The number of nitrogens with two attached hydrogens (primary N) is 1. The normalized spacial score (nSPS) is 13.3. The molecule has 1 amide bonds. The lowest BCUT2D eigenvalue weighted by atomic mass is 10.1. The van der Waals surface area contributed by atoms with E-state index in [-0.39, 0.29) is 22.8 Å². The van der Waals surface area contributed by atoms with E-state index in [1.54, 1.807) is 0 Å². The molecule has 0 aliphatic heterocycles. The molecule has 3 N–H and O–H groups in total. The first-order valence-electron chi connectivity index (χ1n) is 6.05. The number of rotatable bonds is 5. The Morgan fingerprint density at radius 3 is 2.21 bits per heavy atom. The number of nitrogens with one attached hydrogen (secondary N) is 1. The summed E-state index contributed by atoms with van der Waals surface area (Å²) < 4.78 is 22.6. The van der Waals surface area contributed by atoms with Crippen LogP contribution in [0, 0.1) is 5.92 Å². The fraction of sp³-hybridized carbons (Fsp3) is 0.462. The molecule has 6 heteroatoms. The van der Waals surface area contributed by atoms with Crippen molar-refractivity contribution in [2.24, 2.45) is 11.7 Å². The summed E-state index contributed by atoms with van der Waals surface area (Å²) in [5.41, 5.74) is 6.25. The average molecular weight is 284 g/mol. The number of amides is 1. The van der Waals surface area contributed by atoms with Gasteiger partial charge in [0.25, 0.3) is 5.91 Å². The molecule has 1 aromatic carbocycles. The van der Waals surface area contributed by atoms with E-state index in [0.717, 1.165) is 6.26 Å². The third kappa shape index (κ3) is 4.65. The molecule has 1 unspecified atom stereocenters. The van der Waals surface area contributed by atoms with Gasteiger partial charge in [0, 0.05) is 24.4 Å². The summed E-state index contributed by atoms with van der Waals surface area (Å²) in [6.45, 7) is 4.36. The summed E-state index contributed by atoms with van der Waals surface area (Å²) >= 11 is 0. The van der Waals surface area contributed by atoms with Gasteiger partial charge in [-0.15, -0.1) is 0 Å². The average Bonchev–Trinajstić information content (AvgIpc) is 2.34. The molecule has 0 fully saturated rings. The maximum atomic E-state index is 11.8. The van der Waals surface area contributed by atoms with E-state index in [1.165, 1.54) is 24.3 Å². The number of hydrogen-bond donors (Lipinski definition) is 2. The second-order valence-electron chi connectivity index (χ2n) is 4.91. The molecule has 5 nitrogen and oxygen atoms in total. The maximum Gasteiger partial charge on any atom is 0.251 e. The smallest absolute Gasteiger partial charge is 0.251 e. The Morgan fingerprint density at radius 2 is 1.79 bits per heavy atom. The van der Waals surface area contributed by atoms with E-state index < -0.39 is 9.84 Å². The summed E-state index contributed by atoms with van der Waals surface area (Å²) in [6.07, 6.45) is 1.13. The maximum absolute atomic E-state index is 11.8. The number of carbonyl (C=O) groups excluding carboxylic acids is 1. The molecule has 0 aromatic heterocycles. The van der Waals surface area contributed by atoms with E-state index in [4.69, 9.17) is 5.73 Å². The lowest BCUT2D eigenvalue weighted by Crippen LogP contribution is -2.40. The van der Waals surface area contributed by atoms with Crippen LogP contribution >= 0.6 is 0 Å². The second kappa shape index (κ2) is 6.16. The number of benzene rings is 1. The molecular formula is C13H20N2O3S. The standard InChI is InChI=1S/C13H20N2O3S/c1-9(2)12(14)8-15-13(16)10-4-6-11(7-5-10)19(3,17)18/h4-7,9,12H,8,14H2,1-3H3,(H,15,16). The van der Waals surface area contributed by atoms with Gasteiger partial charge < -0.3 is 11.1 Å². The van der Waals surface area contributed by atoms with Crippen LogP contribution in [-0.4, -0.2) is 33.2 Å². The number of carbonyl (C=O) groups is 1. The van der Waals surface area contributed by atoms with Crippen molar-refractivity contribution in [3.05, 3.63) is 29.8 Å². The Labute approximate surface area is 114 Å². The fourth-order valence-electron chi connectivity index (χ4n) is 1.40. The monoisotopic (exact) mass is 284 g/mol. The Hall–Kier alpha value is -1.40. The molecule has 1 atom stereocenters. The molecular weight excluding hydrogens is 264 g/mol. The van der Waals surface area contributed by atoms with Crippen LogP contribution in [0.1, 0.15) is 24.2 Å². The van der Waals surface area contributed by atoms with Crippen LogP contribution in [0.25, 0.3) is 0 Å². The van der Waals surface area contributed by atoms with E-state index in [2.05, 4.69) is 5.32 Å². The zero-order valence-corrected chi connectivity index (χ0v) is 12.2. The summed E-state index contributed by atoms with van der Waals surface area (Å²) in [4.78, 5) is 12.0. The van der Waals surface area contributed by atoms with Crippen LogP contribution in [-0.2, 0) is 9.84 Å². The molecule has 0 radical (unpaired) electrons. The molecule has 1 aromatic rings. The third-order valence-corrected chi connectivity index (χ3v) is 4.03. The summed E-state index contributed by atoms with van der Waals surface area (Å²) in [5, 5.41) is 2.72. The highest BCUT2D eigenvalue weighted by Crippen LogP contribution is 2.10. The molecule has 0 spiro atoms. The van der Waals surface area contributed by atoms with Crippen LogP contribution < -0.4 is 11.1 Å². The van der Waals surface area contributed by atoms with Crippen LogP contribution in [0.5, 0.6) is 0 Å². The van der Waals surface area contributed by atoms with Crippen molar-refractivity contribution >= 4 is 15.7 Å². The first-order valence-corrected chi connectivity index (χ1v) is 7.95. The van der Waals surface area contributed by atoms with Gasteiger partial charge in [-0.3, -0.25) is 4.79 Å². The van der Waals surface area contributed by atoms with Crippen molar-refractivity contribution in [3.8, 4) is 0 Å². The lowest BCUT2D eigenvalue weighted by molar-refractivity contribution is 0.0949. The van der Waals surface area contributed by atoms with E-state index >= 15 is 0 Å². The lowest BCUT2D eigenvalue weighted by Gasteiger charge is -2.16. The topological polar surface area (TPSA) is 89.3 Å². The van der Waals surface area contributed by atoms with Gasteiger partial charge in [-0.25, -0.2) is 8.42 Å². The molecule has 1 rings (SSSR count). The van der Waals surface area contributed by atoms with Gasteiger partial charge in [-0.1, -0.05) is 13.8 Å². The minimum atomic E-state index is -3.23. The molecule has 0 aliphatic rings. The Kier molecular flexibility index (Phi) is 5.08. The molecule has 0 bridgehead atoms. The number of sulfone groups is 1. The van der Waals surface area contributed by atoms with Crippen LogP contribution in [0.3, 0.4) is 0 Å². The SMILES string of the molecule is CC(C)C(N)CNC(=O)c1ccc(S(C)(=O)=O)cc1. The zero-order chi connectivity index (χ0) is 14.6. The first-order chi connectivity index (χ1) is 8.71. The largest absolute Gasteiger partial charge is 0.350 e. The van der Waals surface area contributed by atoms with Crippen LogP contribution in [0.15, 0.2) is 29.2 Å². The second-order valence-corrected chi connectivity index (χ2v) is 6.93. The van der Waals surface area contributed by atoms with Gasteiger partial charge in [-0.05, 0) is 30.2 Å². The van der Waals surface area contributed by atoms with Gasteiger partial charge in [0.15, 0.2) is 9.84 Å². The molecule has 0 saturated carbocycles. The highest BCUT2D eigenvalue weighted by molar-refractivity contribution is 7.90. The summed E-state index contributed by atoms with van der Waals surface area (Å²) in [5.74, 6) is 0.0315. The molecule has 106 valence electrons. The first kappa shape index (κ1) is 15.7. The molecule has 0 heterocycles. The van der Waals surface area contributed by atoms with Crippen LogP contribution in [0.2, 0.25) is 0 Å². The quantitative estimate of drug-likeness (QED) is 0.837.